The maximum atomic E-state index is 13.1. The van der Waals surface area contributed by atoms with Crippen molar-refractivity contribution in [2.45, 2.75) is 18.9 Å². The van der Waals surface area contributed by atoms with E-state index >= 15 is 0 Å². The summed E-state index contributed by atoms with van der Waals surface area (Å²) in [5.74, 6) is 1.68. The van der Waals surface area contributed by atoms with Crippen molar-refractivity contribution in [1.82, 2.24) is 9.80 Å². The number of halogens is 1. The summed E-state index contributed by atoms with van der Waals surface area (Å²) in [6.45, 7) is 3.84. The predicted octanol–water partition coefficient (Wildman–Crippen LogP) is 5.34. The van der Waals surface area contributed by atoms with E-state index in [1.165, 1.54) is 0 Å². The van der Waals surface area contributed by atoms with Crippen molar-refractivity contribution in [2.24, 2.45) is 0 Å². The van der Waals surface area contributed by atoms with E-state index in [0.717, 1.165) is 50.3 Å². The van der Waals surface area contributed by atoms with E-state index in [4.69, 9.17) is 33.0 Å². The lowest BCUT2D eigenvalue weighted by Gasteiger charge is -2.30. The molecule has 0 saturated carbocycles. The molecule has 2 bridgehead atoms. The Balaban J connectivity index is 1.23. The minimum absolute atomic E-state index is 0.0175. The third kappa shape index (κ3) is 5.29. The molecule has 3 aromatic rings. The number of nitrogens with zero attached hydrogens (tertiary/aromatic N) is 2. The van der Waals surface area contributed by atoms with E-state index in [9.17, 15) is 4.79 Å². The number of methoxy groups -OCH3 is 1. The van der Waals surface area contributed by atoms with Crippen molar-refractivity contribution in [3.8, 4) is 17.1 Å². The number of carbonyl (C=O) groups excluding carboxylic acids is 1. The third-order valence-corrected chi connectivity index (χ3v) is 7.01. The number of carbonyl (C=O) groups is 1. The van der Waals surface area contributed by atoms with Gasteiger partial charge in [0.15, 0.2) is 10.9 Å². The van der Waals surface area contributed by atoms with Crippen LogP contribution in [0.4, 0.5) is 11.4 Å². The van der Waals surface area contributed by atoms with E-state index < -0.39 is 0 Å². The second-order valence-corrected chi connectivity index (χ2v) is 9.58. The summed E-state index contributed by atoms with van der Waals surface area (Å²) in [5.41, 5.74) is 2.37. The van der Waals surface area contributed by atoms with Crippen molar-refractivity contribution in [3.05, 3.63) is 65.4 Å². The summed E-state index contributed by atoms with van der Waals surface area (Å²) in [4.78, 5) is 17.6. The fourth-order valence-electron chi connectivity index (χ4n) is 4.68. The van der Waals surface area contributed by atoms with Crippen LogP contribution in [0.1, 0.15) is 23.4 Å². The Morgan fingerprint density at radius 1 is 1.03 bits per heavy atom. The molecule has 0 atom stereocenters. The van der Waals surface area contributed by atoms with Gasteiger partial charge in [0.2, 0.25) is 0 Å². The zero-order valence-corrected chi connectivity index (χ0v) is 21.0. The van der Waals surface area contributed by atoms with Crippen molar-refractivity contribution in [3.63, 3.8) is 0 Å². The molecule has 3 fully saturated rings. The van der Waals surface area contributed by atoms with Gasteiger partial charge in [0.25, 0.3) is 5.91 Å². The highest BCUT2D eigenvalue weighted by Gasteiger charge is 2.33. The minimum Gasteiger partial charge on any atom is -0.495 e. The van der Waals surface area contributed by atoms with E-state index in [1.54, 1.807) is 31.4 Å². The van der Waals surface area contributed by atoms with Gasteiger partial charge in [-0.3, -0.25) is 4.79 Å². The Morgan fingerprint density at radius 2 is 1.80 bits per heavy atom. The maximum absolute atomic E-state index is 13.1. The zero-order valence-electron chi connectivity index (χ0n) is 19.4. The lowest BCUT2D eigenvalue weighted by atomic mass is 10.1. The van der Waals surface area contributed by atoms with Crippen LogP contribution in [0.15, 0.2) is 59.0 Å². The molecule has 35 heavy (non-hydrogen) atoms. The number of nitrogens with one attached hydrogen (secondary N) is 2. The number of amides is 1. The SMILES string of the molecule is COc1ccc(Cl)cc1NC(=S)Nc1ccc(-c2ccc(C(=O)N3CCN4CCC3CC4)o2)cc1. The molecule has 0 aliphatic carbocycles. The Bertz CT molecular complexity index is 1220. The molecule has 182 valence electrons. The van der Waals surface area contributed by atoms with Crippen LogP contribution in [-0.2, 0) is 0 Å². The van der Waals surface area contributed by atoms with Gasteiger partial charge in [-0.05, 0) is 79.7 Å². The number of hydrogen-bond donors (Lipinski definition) is 2. The highest BCUT2D eigenvalue weighted by molar-refractivity contribution is 7.80. The number of ether oxygens (including phenoxy) is 1. The summed E-state index contributed by atoms with van der Waals surface area (Å²) >= 11 is 11.5. The third-order valence-electron chi connectivity index (χ3n) is 6.57. The zero-order chi connectivity index (χ0) is 24.4. The summed E-state index contributed by atoms with van der Waals surface area (Å²) < 4.78 is 11.3. The lowest BCUT2D eigenvalue weighted by molar-refractivity contribution is 0.0653. The van der Waals surface area contributed by atoms with Crippen LogP contribution in [0, 0.1) is 0 Å². The molecule has 3 aliphatic heterocycles. The Kier molecular flexibility index (Phi) is 6.95. The largest absolute Gasteiger partial charge is 0.495 e. The van der Waals surface area contributed by atoms with Crippen LogP contribution in [-0.4, -0.2) is 60.2 Å². The van der Waals surface area contributed by atoms with Crippen LogP contribution >= 0.6 is 23.8 Å². The molecular weight excluding hydrogens is 484 g/mol. The number of fused-ring (bicyclic) bond motifs is 4. The molecule has 0 radical (unpaired) electrons. The molecule has 3 aliphatic rings. The van der Waals surface area contributed by atoms with Gasteiger partial charge in [-0.1, -0.05) is 11.6 Å². The smallest absolute Gasteiger partial charge is 0.289 e. The van der Waals surface area contributed by atoms with Crippen molar-refractivity contribution >= 4 is 46.2 Å². The Morgan fingerprint density at radius 3 is 2.54 bits per heavy atom. The number of hydrogen-bond acceptors (Lipinski definition) is 5. The summed E-state index contributed by atoms with van der Waals surface area (Å²) in [5, 5.41) is 7.25. The number of benzene rings is 2. The van der Waals surface area contributed by atoms with Gasteiger partial charge in [-0.15, -0.1) is 0 Å². The van der Waals surface area contributed by atoms with E-state index in [-0.39, 0.29) is 5.91 Å². The lowest BCUT2D eigenvalue weighted by Crippen LogP contribution is -2.41. The van der Waals surface area contributed by atoms with Gasteiger partial charge < -0.3 is 29.6 Å². The van der Waals surface area contributed by atoms with E-state index in [2.05, 4.69) is 15.5 Å². The highest BCUT2D eigenvalue weighted by Crippen LogP contribution is 2.29. The molecule has 1 aromatic heterocycles. The predicted molar refractivity (Wildman–Crippen MR) is 142 cm³/mol. The highest BCUT2D eigenvalue weighted by atomic mass is 35.5. The molecular formula is C26H27ClN4O3S. The van der Waals surface area contributed by atoms with Gasteiger partial charge in [0.1, 0.15) is 11.5 Å². The second kappa shape index (κ2) is 10.3. The average molecular weight is 511 g/mol. The van der Waals surface area contributed by atoms with Crippen molar-refractivity contribution < 1.29 is 13.9 Å². The van der Waals surface area contributed by atoms with Crippen molar-refractivity contribution in [2.75, 3.05) is 43.9 Å². The fourth-order valence-corrected chi connectivity index (χ4v) is 5.08. The van der Waals surface area contributed by atoms with Gasteiger partial charge in [-0.2, -0.15) is 0 Å². The number of piperidine rings is 1. The molecule has 9 heteroatoms. The standard InChI is InChI=1S/C26H27ClN4O3S/c1-33-23-7-4-18(27)16-21(23)29-26(35)28-19-5-2-17(3-6-19)22-8-9-24(34-22)25(32)31-15-14-30-12-10-20(31)11-13-30/h2-9,16,20H,10-15H2,1H3,(H2,28,29,35). The summed E-state index contributed by atoms with van der Waals surface area (Å²) in [6.07, 6.45) is 2.07. The fraction of sp³-hybridized carbons (Fsp3) is 0.308. The first-order valence-electron chi connectivity index (χ1n) is 11.7. The van der Waals surface area contributed by atoms with Gasteiger partial charge >= 0.3 is 0 Å². The van der Waals surface area contributed by atoms with Crippen LogP contribution in [0.5, 0.6) is 5.75 Å². The van der Waals surface area contributed by atoms with Gasteiger partial charge in [-0.25, -0.2) is 0 Å². The van der Waals surface area contributed by atoms with Crippen LogP contribution < -0.4 is 15.4 Å². The number of thiocarbonyl (C=S) groups is 1. The molecule has 0 unspecified atom stereocenters. The number of anilines is 2. The second-order valence-electron chi connectivity index (χ2n) is 8.74. The van der Waals surface area contributed by atoms with Gasteiger partial charge in [0.05, 0.1) is 12.8 Å². The van der Waals surface area contributed by atoms with Crippen molar-refractivity contribution in [1.29, 1.82) is 0 Å². The maximum Gasteiger partial charge on any atom is 0.289 e. The summed E-state index contributed by atoms with van der Waals surface area (Å²) in [7, 11) is 1.59. The number of furan rings is 1. The average Bonchev–Trinajstić information content (AvgIpc) is 3.17. The van der Waals surface area contributed by atoms with E-state index in [1.807, 2.05) is 35.2 Å². The molecule has 0 spiro atoms. The Labute approximate surface area is 215 Å². The van der Waals surface area contributed by atoms with E-state index in [0.29, 0.717) is 39.1 Å². The molecule has 3 saturated heterocycles. The topological polar surface area (TPSA) is 70.0 Å². The molecule has 1 amide bonds. The van der Waals surface area contributed by atoms with Crippen LogP contribution in [0.2, 0.25) is 5.02 Å². The minimum atomic E-state index is -0.0175. The normalized spacial score (nSPS) is 19.2. The monoisotopic (exact) mass is 510 g/mol. The summed E-state index contributed by atoms with van der Waals surface area (Å²) in [6, 6.07) is 16.9. The molecule has 7 nitrogen and oxygen atoms in total. The Hall–Kier alpha value is -3.07. The first-order chi connectivity index (χ1) is 17.0. The molecule has 6 rings (SSSR count). The van der Waals surface area contributed by atoms with Gasteiger partial charge in [0, 0.05) is 48.5 Å². The molecule has 2 N–H and O–H groups in total. The molecule has 4 heterocycles. The quantitative estimate of drug-likeness (QED) is 0.449. The molecule has 2 aromatic carbocycles. The van der Waals surface area contributed by atoms with Crippen LogP contribution in [0.25, 0.3) is 11.3 Å². The first-order valence-corrected chi connectivity index (χ1v) is 12.4. The first kappa shape index (κ1) is 23.7. The number of rotatable bonds is 5. The van der Waals surface area contributed by atoms with Crippen LogP contribution in [0.3, 0.4) is 0 Å².